The molecule has 7 nitrogen and oxygen atoms in total. The summed E-state index contributed by atoms with van der Waals surface area (Å²) in [5.74, 6) is 1.91. The van der Waals surface area contributed by atoms with E-state index in [9.17, 15) is 4.79 Å². The molecule has 3 aromatic heterocycles. The minimum Gasteiger partial charge on any atom is -0.494 e. The third-order valence-corrected chi connectivity index (χ3v) is 6.09. The summed E-state index contributed by atoms with van der Waals surface area (Å²) in [6, 6.07) is 16.7. The Kier molecular flexibility index (Phi) is 5.75. The molecule has 1 amide bonds. The topological polar surface area (TPSA) is 77.9 Å². The number of carbonyl (C=O) groups excluding carboxylic acids is 1. The molecule has 168 valence electrons. The van der Waals surface area contributed by atoms with Gasteiger partial charge in [-0.15, -0.1) is 0 Å². The quantitative estimate of drug-likeness (QED) is 0.270. The van der Waals surface area contributed by atoms with Crippen molar-refractivity contribution in [3.8, 4) is 11.5 Å². The number of furan rings is 2. The van der Waals surface area contributed by atoms with E-state index in [0.717, 1.165) is 21.4 Å². The van der Waals surface area contributed by atoms with E-state index in [-0.39, 0.29) is 18.2 Å². The SMILES string of the molecule is CCOc1ccc2nc(N(Cc3ccco3)C(=O)c3cc4cccc(OCC)c4o3)sc2c1. The van der Waals surface area contributed by atoms with Crippen molar-refractivity contribution in [1.82, 2.24) is 4.98 Å². The maximum Gasteiger partial charge on any atom is 0.296 e. The number of nitrogens with zero attached hydrogens (tertiary/aromatic N) is 2. The molecule has 33 heavy (non-hydrogen) atoms. The fourth-order valence-corrected chi connectivity index (χ4v) is 4.58. The first-order chi connectivity index (χ1) is 16.2. The lowest BCUT2D eigenvalue weighted by Crippen LogP contribution is -2.29. The Labute approximate surface area is 194 Å². The second kappa shape index (κ2) is 8.99. The van der Waals surface area contributed by atoms with Gasteiger partial charge in [0.1, 0.15) is 11.5 Å². The third kappa shape index (κ3) is 4.17. The Hall–Kier alpha value is -3.78. The Balaban J connectivity index is 1.55. The van der Waals surface area contributed by atoms with Gasteiger partial charge in [0, 0.05) is 5.39 Å². The molecule has 0 saturated carbocycles. The predicted octanol–water partition coefficient (Wildman–Crippen LogP) is 6.28. The van der Waals surface area contributed by atoms with Gasteiger partial charge in [-0.1, -0.05) is 23.5 Å². The zero-order valence-electron chi connectivity index (χ0n) is 18.2. The number of ether oxygens (including phenoxy) is 2. The highest BCUT2D eigenvalue weighted by Gasteiger charge is 2.26. The summed E-state index contributed by atoms with van der Waals surface area (Å²) in [5, 5.41) is 1.35. The van der Waals surface area contributed by atoms with E-state index >= 15 is 0 Å². The van der Waals surface area contributed by atoms with Crippen LogP contribution in [0.5, 0.6) is 11.5 Å². The van der Waals surface area contributed by atoms with Gasteiger partial charge in [0.25, 0.3) is 5.91 Å². The molecule has 8 heteroatoms. The van der Waals surface area contributed by atoms with Gasteiger partial charge in [0.2, 0.25) is 0 Å². The van der Waals surface area contributed by atoms with Gasteiger partial charge in [0.15, 0.2) is 22.2 Å². The number of benzene rings is 2. The van der Waals surface area contributed by atoms with Crippen LogP contribution in [0.15, 0.2) is 69.7 Å². The molecule has 0 aliphatic carbocycles. The van der Waals surface area contributed by atoms with Crippen LogP contribution in [-0.4, -0.2) is 24.1 Å². The summed E-state index contributed by atoms with van der Waals surface area (Å²) >= 11 is 1.41. The number of fused-ring (bicyclic) bond motifs is 2. The van der Waals surface area contributed by atoms with Crippen LogP contribution in [0.1, 0.15) is 30.2 Å². The number of hydrogen-bond acceptors (Lipinski definition) is 7. The minimum atomic E-state index is -0.311. The smallest absolute Gasteiger partial charge is 0.296 e. The minimum absolute atomic E-state index is 0.206. The average molecular weight is 463 g/mol. The lowest BCUT2D eigenvalue weighted by molar-refractivity contribution is 0.0958. The van der Waals surface area contributed by atoms with E-state index in [1.165, 1.54) is 11.3 Å². The monoisotopic (exact) mass is 462 g/mol. The first kappa shape index (κ1) is 21.1. The first-order valence-corrected chi connectivity index (χ1v) is 11.5. The lowest BCUT2D eigenvalue weighted by atomic mass is 10.2. The van der Waals surface area contributed by atoms with Crippen LogP contribution >= 0.6 is 11.3 Å². The summed E-state index contributed by atoms with van der Waals surface area (Å²) in [6.45, 7) is 5.15. The predicted molar refractivity (Wildman–Crippen MR) is 127 cm³/mol. The fraction of sp³-hybridized carbons (Fsp3) is 0.200. The third-order valence-electron chi connectivity index (χ3n) is 5.05. The highest BCUT2D eigenvalue weighted by atomic mass is 32.1. The number of hydrogen-bond donors (Lipinski definition) is 0. The van der Waals surface area contributed by atoms with Gasteiger partial charge in [-0.25, -0.2) is 4.98 Å². The molecule has 5 rings (SSSR count). The molecule has 3 heterocycles. The number of rotatable bonds is 8. The fourth-order valence-electron chi connectivity index (χ4n) is 3.59. The van der Waals surface area contributed by atoms with Crippen LogP contribution in [0.2, 0.25) is 0 Å². The van der Waals surface area contributed by atoms with Crippen LogP contribution in [0.3, 0.4) is 0 Å². The van der Waals surface area contributed by atoms with Crippen molar-refractivity contribution in [2.45, 2.75) is 20.4 Å². The first-order valence-electron chi connectivity index (χ1n) is 10.7. The van der Waals surface area contributed by atoms with E-state index in [2.05, 4.69) is 0 Å². The van der Waals surface area contributed by atoms with E-state index in [4.69, 9.17) is 23.3 Å². The Morgan fingerprint density at radius 1 is 1.06 bits per heavy atom. The van der Waals surface area contributed by atoms with E-state index in [1.807, 2.05) is 56.3 Å². The molecule has 5 aromatic rings. The highest BCUT2D eigenvalue weighted by molar-refractivity contribution is 7.22. The molecule has 0 unspecified atom stereocenters. The zero-order chi connectivity index (χ0) is 22.8. The molecule has 0 fully saturated rings. The zero-order valence-corrected chi connectivity index (χ0v) is 19.1. The van der Waals surface area contributed by atoms with Crippen molar-refractivity contribution in [3.63, 3.8) is 0 Å². The average Bonchev–Trinajstić information content (AvgIpc) is 3.56. The molecule has 0 N–H and O–H groups in total. The Morgan fingerprint density at radius 3 is 2.73 bits per heavy atom. The molecular weight excluding hydrogens is 440 g/mol. The van der Waals surface area contributed by atoms with E-state index < -0.39 is 0 Å². The Morgan fingerprint density at radius 2 is 1.94 bits per heavy atom. The molecule has 0 aliphatic rings. The second-order valence-corrected chi connectivity index (χ2v) is 8.26. The van der Waals surface area contributed by atoms with Crippen molar-refractivity contribution >= 4 is 43.6 Å². The molecular formula is C25H22N2O5S. The van der Waals surface area contributed by atoms with Crippen LogP contribution in [-0.2, 0) is 6.54 Å². The molecule has 0 bridgehead atoms. The summed E-state index contributed by atoms with van der Waals surface area (Å²) in [6.07, 6.45) is 1.58. The van der Waals surface area contributed by atoms with Crippen LogP contribution in [0, 0.1) is 0 Å². The van der Waals surface area contributed by atoms with Gasteiger partial charge >= 0.3 is 0 Å². The van der Waals surface area contributed by atoms with Crippen LogP contribution < -0.4 is 14.4 Å². The normalized spacial score (nSPS) is 11.2. The summed E-state index contributed by atoms with van der Waals surface area (Å²) in [7, 11) is 0. The molecule has 2 aromatic carbocycles. The Bertz CT molecular complexity index is 1400. The second-order valence-electron chi connectivity index (χ2n) is 7.25. The molecule has 0 spiro atoms. The van der Waals surface area contributed by atoms with Crippen molar-refractivity contribution in [1.29, 1.82) is 0 Å². The lowest BCUT2D eigenvalue weighted by Gasteiger charge is -2.17. The number of amides is 1. The molecule has 0 atom stereocenters. The largest absolute Gasteiger partial charge is 0.494 e. The van der Waals surface area contributed by atoms with Gasteiger partial charge in [-0.3, -0.25) is 9.69 Å². The van der Waals surface area contributed by atoms with Gasteiger partial charge < -0.3 is 18.3 Å². The van der Waals surface area contributed by atoms with Gasteiger partial charge in [-0.05, 0) is 56.3 Å². The maximum absolute atomic E-state index is 13.6. The number of para-hydroxylation sites is 1. The van der Waals surface area contributed by atoms with E-state index in [1.54, 1.807) is 23.3 Å². The number of thiazole rings is 1. The number of anilines is 1. The van der Waals surface area contributed by atoms with Crippen molar-refractivity contribution in [3.05, 3.63) is 72.4 Å². The van der Waals surface area contributed by atoms with Gasteiger partial charge in [-0.2, -0.15) is 0 Å². The number of aromatic nitrogens is 1. The van der Waals surface area contributed by atoms with Crippen molar-refractivity contribution in [2.75, 3.05) is 18.1 Å². The molecule has 0 radical (unpaired) electrons. The van der Waals surface area contributed by atoms with Gasteiger partial charge in [0.05, 0.1) is 36.2 Å². The van der Waals surface area contributed by atoms with Crippen LogP contribution in [0.25, 0.3) is 21.2 Å². The molecule has 0 saturated heterocycles. The molecule has 0 aliphatic heterocycles. The summed E-state index contributed by atoms with van der Waals surface area (Å²) in [4.78, 5) is 19.9. The van der Waals surface area contributed by atoms with Crippen molar-refractivity contribution in [2.24, 2.45) is 0 Å². The van der Waals surface area contributed by atoms with E-state index in [0.29, 0.717) is 35.4 Å². The standard InChI is InChI=1S/C25H22N2O5S/c1-3-29-17-10-11-19-22(14-17)33-25(26-19)27(15-18-8-6-12-31-18)24(28)21-13-16-7-5-9-20(30-4-2)23(16)32-21/h5-14H,3-4,15H2,1-2H3. The summed E-state index contributed by atoms with van der Waals surface area (Å²) in [5.41, 5.74) is 1.34. The highest BCUT2D eigenvalue weighted by Crippen LogP contribution is 2.35. The van der Waals surface area contributed by atoms with Crippen molar-refractivity contribution < 1.29 is 23.1 Å². The number of carbonyl (C=O) groups is 1. The maximum atomic E-state index is 13.6. The summed E-state index contributed by atoms with van der Waals surface area (Å²) < 4.78 is 23.7. The van der Waals surface area contributed by atoms with Crippen LogP contribution in [0.4, 0.5) is 5.13 Å².